The average molecular weight is 277 g/mol. The van der Waals surface area contributed by atoms with Gasteiger partial charge in [-0.1, -0.05) is 0 Å². The Morgan fingerprint density at radius 1 is 1.55 bits per heavy atom. The number of rotatable bonds is 5. The number of nitrogens with zero attached hydrogens (tertiary/aromatic N) is 1. The van der Waals surface area contributed by atoms with Crippen molar-refractivity contribution in [1.29, 1.82) is 0 Å². The summed E-state index contributed by atoms with van der Waals surface area (Å²) in [4.78, 5) is 14.6. The number of nitrogen functional groups attached to an aromatic ring is 1. The second-order valence-electron chi connectivity index (χ2n) is 5.33. The Morgan fingerprint density at radius 3 is 3.00 bits per heavy atom. The smallest absolute Gasteiger partial charge is 0.254 e. The second-order valence-corrected chi connectivity index (χ2v) is 5.33. The zero-order valence-electron chi connectivity index (χ0n) is 11.9. The molecule has 0 spiro atoms. The maximum atomic E-state index is 12.7. The average Bonchev–Trinajstić information content (AvgIpc) is 2.92. The zero-order chi connectivity index (χ0) is 14.5. The number of amides is 1. The van der Waals surface area contributed by atoms with Gasteiger partial charge in [0.15, 0.2) is 0 Å². The Hall–Kier alpha value is -1.59. The van der Waals surface area contributed by atoms with Crippen LogP contribution in [0.2, 0.25) is 0 Å². The third-order valence-electron chi connectivity index (χ3n) is 3.96. The number of carbonyl (C=O) groups excluding carboxylic acids is 1. The van der Waals surface area contributed by atoms with E-state index in [0.717, 1.165) is 49.0 Å². The number of anilines is 1. The summed E-state index contributed by atoms with van der Waals surface area (Å²) < 4.78 is 0. The summed E-state index contributed by atoms with van der Waals surface area (Å²) in [6, 6.07) is 5.79. The van der Waals surface area contributed by atoms with E-state index in [0.29, 0.717) is 0 Å². The molecule has 0 aliphatic carbocycles. The number of hydrogen-bond acceptors (Lipinski definition) is 4. The SMILES string of the molecule is Cc1cc(NN)ccc1C(=O)N1CCCC1CCCO. The van der Waals surface area contributed by atoms with Crippen LogP contribution in [-0.4, -0.2) is 35.1 Å². The van der Waals surface area contributed by atoms with Crippen molar-refractivity contribution in [2.24, 2.45) is 5.84 Å². The monoisotopic (exact) mass is 277 g/mol. The highest BCUT2D eigenvalue weighted by molar-refractivity contribution is 5.96. The lowest BCUT2D eigenvalue weighted by molar-refractivity contribution is 0.0724. The third-order valence-corrected chi connectivity index (χ3v) is 3.96. The summed E-state index contributed by atoms with van der Waals surface area (Å²) in [6.45, 7) is 2.92. The van der Waals surface area contributed by atoms with Gasteiger partial charge in [-0.2, -0.15) is 0 Å². The molecule has 0 saturated carbocycles. The number of aliphatic hydroxyl groups is 1. The first-order chi connectivity index (χ1) is 9.67. The maximum Gasteiger partial charge on any atom is 0.254 e. The molecule has 20 heavy (non-hydrogen) atoms. The van der Waals surface area contributed by atoms with Crippen molar-refractivity contribution in [3.05, 3.63) is 29.3 Å². The van der Waals surface area contributed by atoms with Gasteiger partial charge in [-0.3, -0.25) is 10.6 Å². The number of hydrogen-bond donors (Lipinski definition) is 3. The maximum absolute atomic E-state index is 12.7. The van der Waals surface area contributed by atoms with Crippen molar-refractivity contribution >= 4 is 11.6 Å². The molecule has 1 aromatic rings. The number of benzene rings is 1. The van der Waals surface area contributed by atoms with Crippen molar-refractivity contribution in [1.82, 2.24) is 4.90 Å². The molecule has 1 fully saturated rings. The van der Waals surface area contributed by atoms with Crippen LogP contribution in [0.15, 0.2) is 18.2 Å². The topological polar surface area (TPSA) is 78.6 Å². The van der Waals surface area contributed by atoms with Crippen LogP contribution in [0.3, 0.4) is 0 Å². The number of likely N-dealkylation sites (tertiary alicyclic amines) is 1. The molecule has 1 aromatic carbocycles. The number of nitrogens with one attached hydrogen (secondary N) is 1. The first kappa shape index (κ1) is 14.8. The Labute approximate surface area is 119 Å². The molecule has 1 amide bonds. The lowest BCUT2D eigenvalue weighted by Crippen LogP contribution is -2.36. The fraction of sp³-hybridized carbons (Fsp3) is 0.533. The minimum Gasteiger partial charge on any atom is -0.396 e. The minimum absolute atomic E-state index is 0.0894. The Balaban J connectivity index is 2.13. The highest BCUT2D eigenvalue weighted by atomic mass is 16.3. The number of carbonyl (C=O) groups is 1. The van der Waals surface area contributed by atoms with Crippen molar-refractivity contribution in [3.8, 4) is 0 Å². The van der Waals surface area contributed by atoms with Gasteiger partial charge in [-0.25, -0.2) is 0 Å². The quantitative estimate of drug-likeness (QED) is 0.565. The molecule has 1 aliphatic rings. The first-order valence-electron chi connectivity index (χ1n) is 7.16. The molecule has 110 valence electrons. The second kappa shape index (κ2) is 6.72. The van der Waals surface area contributed by atoms with Crippen molar-refractivity contribution in [2.45, 2.75) is 38.6 Å². The van der Waals surface area contributed by atoms with Crippen molar-refractivity contribution in [3.63, 3.8) is 0 Å². The van der Waals surface area contributed by atoms with Crippen LogP contribution >= 0.6 is 0 Å². The van der Waals surface area contributed by atoms with E-state index in [2.05, 4.69) is 5.43 Å². The van der Waals surface area contributed by atoms with Gasteiger partial charge >= 0.3 is 0 Å². The number of aryl methyl sites for hydroxylation is 1. The highest BCUT2D eigenvalue weighted by Gasteiger charge is 2.29. The standard InChI is InChI=1S/C15H23N3O2/c1-11-10-12(17-16)6-7-14(11)15(20)18-8-2-4-13(18)5-3-9-19/h6-7,10,13,17,19H,2-5,8-9,16H2,1H3. The van der Waals surface area contributed by atoms with Crippen LogP contribution in [0.25, 0.3) is 0 Å². The molecule has 1 saturated heterocycles. The van der Waals surface area contributed by atoms with Gasteiger partial charge in [0.2, 0.25) is 0 Å². The molecule has 0 aromatic heterocycles. The Morgan fingerprint density at radius 2 is 2.35 bits per heavy atom. The Kier molecular flexibility index (Phi) is 4.98. The molecule has 0 radical (unpaired) electrons. The van der Waals surface area contributed by atoms with E-state index in [1.54, 1.807) is 0 Å². The fourth-order valence-electron chi connectivity index (χ4n) is 2.88. The van der Waals surface area contributed by atoms with Crippen molar-refractivity contribution in [2.75, 3.05) is 18.6 Å². The Bertz CT molecular complexity index is 476. The zero-order valence-corrected chi connectivity index (χ0v) is 11.9. The van der Waals surface area contributed by atoms with E-state index >= 15 is 0 Å². The van der Waals surface area contributed by atoms with Gasteiger partial charge in [0.1, 0.15) is 0 Å². The summed E-state index contributed by atoms with van der Waals surface area (Å²) in [5.41, 5.74) is 5.06. The first-order valence-corrected chi connectivity index (χ1v) is 7.16. The molecule has 1 aliphatic heterocycles. The van der Waals surface area contributed by atoms with Crippen molar-refractivity contribution < 1.29 is 9.90 Å². The number of nitrogens with two attached hydrogens (primary N) is 1. The summed E-state index contributed by atoms with van der Waals surface area (Å²) in [6.07, 6.45) is 3.71. The highest BCUT2D eigenvalue weighted by Crippen LogP contribution is 2.25. The van der Waals surface area contributed by atoms with E-state index in [9.17, 15) is 4.79 Å². The van der Waals surface area contributed by atoms with Gasteiger partial charge in [0.25, 0.3) is 5.91 Å². The number of hydrazine groups is 1. The summed E-state index contributed by atoms with van der Waals surface area (Å²) in [5.74, 6) is 5.46. The van der Waals surface area contributed by atoms with Gasteiger partial charge in [-0.15, -0.1) is 0 Å². The molecule has 1 atom stereocenters. The van der Waals surface area contributed by atoms with E-state index in [1.807, 2.05) is 30.0 Å². The third kappa shape index (κ3) is 3.11. The van der Waals surface area contributed by atoms with Gasteiger partial charge in [0.05, 0.1) is 0 Å². The fourth-order valence-corrected chi connectivity index (χ4v) is 2.88. The van der Waals surface area contributed by atoms with Gasteiger partial charge in [0, 0.05) is 30.4 Å². The van der Waals surface area contributed by atoms with Crippen LogP contribution in [-0.2, 0) is 0 Å². The molecule has 2 rings (SSSR count). The molecule has 4 N–H and O–H groups in total. The van der Waals surface area contributed by atoms with Crippen LogP contribution in [0.5, 0.6) is 0 Å². The van der Waals surface area contributed by atoms with E-state index < -0.39 is 0 Å². The van der Waals surface area contributed by atoms with Gasteiger partial charge in [-0.05, 0) is 56.4 Å². The van der Waals surface area contributed by atoms with Crippen LogP contribution in [0, 0.1) is 6.92 Å². The number of aliphatic hydroxyl groups excluding tert-OH is 1. The van der Waals surface area contributed by atoms with Gasteiger partial charge < -0.3 is 15.4 Å². The minimum atomic E-state index is 0.0894. The lowest BCUT2D eigenvalue weighted by atomic mass is 10.0. The molecule has 1 heterocycles. The summed E-state index contributed by atoms with van der Waals surface area (Å²) in [7, 11) is 0. The lowest BCUT2D eigenvalue weighted by Gasteiger charge is -2.25. The van der Waals surface area contributed by atoms with E-state index in [-0.39, 0.29) is 18.6 Å². The van der Waals surface area contributed by atoms with Crippen LogP contribution in [0.1, 0.15) is 41.6 Å². The van der Waals surface area contributed by atoms with E-state index in [1.165, 1.54) is 0 Å². The van der Waals surface area contributed by atoms with Crippen LogP contribution < -0.4 is 11.3 Å². The van der Waals surface area contributed by atoms with Crippen LogP contribution in [0.4, 0.5) is 5.69 Å². The molecule has 5 heteroatoms. The van der Waals surface area contributed by atoms with E-state index in [4.69, 9.17) is 10.9 Å². The predicted octanol–water partition coefficient (Wildman–Crippen LogP) is 1.66. The molecule has 5 nitrogen and oxygen atoms in total. The molecular formula is C15H23N3O2. The molecular weight excluding hydrogens is 254 g/mol. The summed E-state index contributed by atoms with van der Waals surface area (Å²) in [5, 5.41) is 8.95. The molecule has 0 bridgehead atoms. The largest absolute Gasteiger partial charge is 0.396 e. The molecule has 1 unspecified atom stereocenters. The normalized spacial score (nSPS) is 18.4. The predicted molar refractivity (Wildman–Crippen MR) is 79.4 cm³/mol. The summed E-state index contributed by atoms with van der Waals surface area (Å²) >= 11 is 0.